The maximum absolute atomic E-state index is 2.55. The maximum Gasteiger partial charge on any atom is 0.0774 e. The average molecular weight is 368 g/mol. The molecule has 2 heteroatoms. The molecule has 2 aliphatic rings. The summed E-state index contributed by atoms with van der Waals surface area (Å²) in [6, 6.07) is 21.0. The van der Waals surface area contributed by atoms with Crippen molar-refractivity contribution in [2.45, 2.75) is 49.9 Å². The molecule has 4 rings (SSSR count). The van der Waals surface area contributed by atoms with Crippen LogP contribution in [0.25, 0.3) is 12.2 Å². The van der Waals surface area contributed by atoms with Gasteiger partial charge in [-0.1, -0.05) is 112 Å². The number of hydrogen-bond acceptors (Lipinski definition) is 0. The van der Waals surface area contributed by atoms with Gasteiger partial charge < -0.3 is 0 Å². The standard InChI is InChI=1S/C24H28Si.Na/c1-3-17-25(18-4-2,23-15-13-19-9-5-7-11-21(19)23)24-16-14-20-10-6-8-12-22(20)24;/h5-16,23-24H,3-4,17-18H2,1-2H3;. The summed E-state index contributed by atoms with van der Waals surface area (Å²) in [5, 5.41) is 0. The zero-order chi connectivity index (χ0) is 17.3. The Morgan fingerprint density at radius 1 is 0.692 bits per heavy atom. The minimum atomic E-state index is -1.61. The van der Waals surface area contributed by atoms with Crippen molar-refractivity contribution in [1.29, 1.82) is 0 Å². The van der Waals surface area contributed by atoms with Gasteiger partial charge >= 0.3 is 0 Å². The van der Waals surface area contributed by atoms with Gasteiger partial charge in [-0.25, -0.2) is 0 Å². The Hall–Kier alpha value is -0.863. The van der Waals surface area contributed by atoms with Gasteiger partial charge in [0, 0.05) is 29.6 Å². The quantitative estimate of drug-likeness (QED) is 0.506. The Labute approximate surface area is 181 Å². The number of fused-ring (bicyclic) bond motifs is 2. The van der Waals surface area contributed by atoms with E-state index >= 15 is 0 Å². The third-order valence-corrected chi connectivity index (χ3v) is 12.6. The van der Waals surface area contributed by atoms with Crippen LogP contribution in [0.3, 0.4) is 0 Å². The van der Waals surface area contributed by atoms with E-state index < -0.39 is 8.07 Å². The average Bonchev–Trinajstić information content (AvgIpc) is 3.26. The molecule has 0 bridgehead atoms. The Balaban J connectivity index is 0.00000196. The molecule has 0 aliphatic heterocycles. The van der Waals surface area contributed by atoms with Crippen LogP contribution < -0.4 is 0 Å². The fourth-order valence-corrected chi connectivity index (χ4v) is 11.8. The van der Waals surface area contributed by atoms with E-state index in [1.807, 2.05) is 0 Å². The molecule has 2 unspecified atom stereocenters. The molecule has 129 valence electrons. The first-order valence-corrected chi connectivity index (χ1v) is 12.4. The zero-order valence-corrected chi connectivity index (χ0v) is 19.4. The van der Waals surface area contributed by atoms with E-state index in [2.05, 4.69) is 86.7 Å². The molecule has 0 saturated heterocycles. The van der Waals surface area contributed by atoms with Gasteiger partial charge in [0.05, 0.1) is 8.07 Å². The van der Waals surface area contributed by atoms with Gasteiger partial charge in [0.25, 0.3) is 0 Å². The summed E-state index contributed by atoms with van der Waals surface area (Å²) in [4.78, 5) is 0. The monoisotopic (exact) mass is 367 g/mol. The normalized spacial score (nSPS) is 19.9. The smallest absolute Gasteiger partial charge is 0.0774 e. The van der Waals surface area contributed by atoms with Crippen LogP contribution >= 0.6 is 0 Å². The van der Waals surface area contributed by atoms with Crippen molar-refractivity contribution in [2.75, 3.05) is 0 Å². The van der Waals surface area contributed by atoms with Crippen LogP contribution in [0.15, 0.2) is 60.7 Å². The van der Waals surface area contributed by atoms with E-state index in [9.17, 15) is 0 Å². The molecular weight excluding hydrogens is 339 g/mol. The molecule has 2 aromatic carbocycles. The van der Waals surface area contributed by atoms with Crippen LogP contribution in [-0.4, -0.2) is 37.6 Å². The number of rotatable bonds is 6. The first-order valence-electron chi connectivity index (χ1n) is 9.84. The Kier molecular flexibility index (Phi) is 6.45. The van der Waals surface area contributed by atoms with Crippen molar-refractivity contribution >= 4 is 49.8 Å². The second-order valence-electron chi connectivity index (χ2n) is 7.66. The molecule has 2 aliphatic carbocycles. The number of benzene rings is 2. The summed E-state index contributed by atoms with van der Waals surface area (Å²) in [7, 11) is -1.61. The second kappa shape index (κ2) is 8.44. The second-order valence-corrected chi connectivity index (χ2v) is 12.4. The molecule has 0 aromatic heterocycles. The van der Waals surface area contributed by atoms with Crippen molar-refractivity contribution in [1.82, 2.24) is 0 Å². The predicted molar refractivity (Wildman–Crippen MR) is 118 cm³/mol. The Morgan fingerprint density at radius 2 is 1.12 bits per heavy atom. The fourth-order valence-electron chi connectivity index (χ4n) is 5.37. The summed E-state index contributed by atoms with van der Waals surface area (Å²) < 4.78 is 0. The van der Waals surface area contributed by atoms with Crippen molar-refractivity contribution in [3.8, 4) is 0 Å². The largest absolute Gasteiger partial charge is 0.0791 e. The summed E-state index contributed by atoms with van der Waals surface area (Å²) in [5.41, 5.74) is 7.40. The third kappa shape index (κ3) is 3.24. The van der Waals surface area contributed by atoms with E-state index in [-0.39, 0.29) is 29.6 Å². The van der Waals surface area contributed by atoms with Crippen LogP contribution in [0.2, 0.25) is 12.1 Å². The van der Waals surface area contributed by atoms with E-state index in [4.69, 9.17) is 0 Å². The molecule has 0 fully saturated rings. The van der Waals surface area contributed by atoms with Crippen LogP contribution in [-0.2, 0) is 0 Å². The number of hydrogen-bond donors (Lipinski definition) is 0. The van der Waals surface area contributed by atoms with Crippen molar-refractivity contribution < 1.29 is 0 Å². The minimum absolute atomic E-state index is 0. The molecule has 26 heavy (non-hydrogen) atoms. The maximum atomic E-state index is 2.55. The molecule has 0 nitrogen and oxygen atoms in total. The van der Waals surface area contributed by atoms with Gasteiger partial charge in [-0.2, -0.15) is 0 Å². The SMILES string of the molecule is CCC[Si](CCC)(C1C=Cc2ccccc21)C1C=Cc2ccccc21.[Na]. The molecule has 0 heterocycles. The summed E-state index contributed by atoms with van der Waals surface area (Å²) >= 11 is 0. The molecule has 0 saturated carbocycles. The predicted octanol–water partition coefficient (Wildman–Crippen LogP) is 6.57. The van der Waals surface area contributed by atoms with Gasteiger partial charge in [0.15, 0.2) is 0 Å². The van der Waals surface area contributed by atoms with Crippen molar-refractivity contribution in [3.05, 3.63) is 82.9 Å². The van der Waals surface area contributed by atoms with E-state index in [0.29, 0.717) is 11.1 Å². The molecule has 0 amide bonds. The van der Waals surface area contributed by atoms with E-state index in [1.165, 1.54) is 36.1 Å². The van der Waals surface area contributed by atoms with Crippen LogP contribution in [0.5, 0.6) is 0 Å². The Bertz CT molecular complexity index is 751. The van der Waals surface area contributed by atoms with Gasteiger partial charge in [-0.05, 0) is 33.3 Å². The number of allylic oxidation sites excluding steroid dienone is 2. The molecule has 2 aromatic rings. The van der Waals surface area contributed by atoms with Gasteiger partial charge in [0.2, 0.25) is 0 Å². The van der Waals surface area contributed by atoms with Crippen LogP contribution in [0.4, 0.5) is 0 Å². The summed E-state index contributed by atoms with van der Waals surface area (Å²) in [6.07, 6.45) is 12.5. The van der Waals surface area contributed by atoms with Gasteiger partial charge in [0.1, 0.15) is 0 Å². The van der Waals surface area contributed by atoms with Gasteiger partial charge in [-0.3, -0.25) is 0 Å². The molecule has 0 spiro atoms. The minimum Gasteiger partial charge on any atom is -0.0791 e. The molecular formula is C24H28NaSi. The van der Waals surface area contributed by atoms with E-state index in [0.717, 1.165) is 0 Å². The summed E-state index contributed by atoms with van der Waals surface area (Å²) in [6.45, 7) is 4.76. The molecule has 2 atom stereocenters. The molecule has 1 radical (unpaired) electrons. The third-order valence-electron chi connectivity index (χ3n) is 6.27. The fraction of sp³-hybridized carbons (Fsp3) is 0.333. The summed E-state index contributed by atoms with van der Waals surface area (Å²) in [5.74, 6) is 0. The molecule has 0 N–H and O–H groups in total. The Morgan fingerprint density at radius 3 is 1.54 bits per heavy atom. The topological polar surface area (TPSA) is 0 Å². The first kappa shape index (κ1) is 19.9. The van der Waals surface area contributed by atoms with Crippen LogP contribution in [0, 0.1) is 0 Å². The van der Waals surface area contributed by atoms with Crippen molar-refractivity contribution in [3.63, 3.8) is 0 Å². The van der Waals surface area contributed by atoms with Crippen LogP contribution in [0.1, 0.15) is 60.0 Å². The first-order chi connectivity index (χ1) is 12.3. The van der Waals surface area contributed by atoms with Gasteiger partial charge in [-0.15, -0.1) is 0 Å². The zero-order valence-electron chi connectivity index (χ0n) is 16.4. The van der Waals surface area contributed by atoms with Crippen molar-refractivity contribution in [2.24, 2.45) is 0 Å². The van der Waals surface area contributed by atoms with E-state index in [1.54, 1.807) is 11.1 Å².